The second kappa shape index (κ2) is 9.00. The van der Waals surface area contributed by atoms with Crippen molar-refractivity contribution in [3.8, 4) is 0 Å². The van der Waals surface area contributed by atoms with Gasteiger partial charge in [0.1, 0.15) is 0 Å². The summed E-state index contributed by atoms with van der Waals surface area (Å²) in [5, 5.41) is 3.54. The van der Waals surface area contributed by atoms with Crippen molar-refractivity contribution >= 4 is 0 Å². The molecular formula is C14H29NO. The summed E-state index contributed by atoms with van der Waals surface area (Å²) in [4.78, 5) is 0. The molecule has 96 valence electrons. The van der Waals surface area contributed by atoms with Gasteiger partial charge in [0.2, 0.25) is 0 Å². The van der Waals surface area contributed by atoms with E-state index in [4.69, 9.17) is 4.74 Å². The highest BCUT2D eigenvalue weighted by molar-refractivity contribution is 4.80. The van der Waals surface area contributed by atoms with Crippen molar-refractivity contribution in [2.24, 2.45) is 0 Å². The SMILES string of the molecule is CCCCCCOC(C)CCCNC1CC1. The van der Waals surface area contributed by atoms with Crippen LogP contribution in [0.5, 0.6) is 0 Å². The summed E-state index contributed by atoms with van der Waals surface area (Å²) in [7, 11) is 0. The van der Waals surface area contributed by atoms with Gasteiger partial charge < -0.3 is 10.1 Å². The smallest absolute Gasteiger partial charge is 0.0547 e. The van der Waals surface area contributed by atoms with Gasteiger partial charge in [0.25, 0.3) is 0 Å². The lowest BCUT2D eigenvalue weighted by Gasteiger charge is -2.13. The highest BCUT2D eigenvalue weighted by Crippen LogP contribution is 2.18. The molecule has 0 aliphatic heterocycles. The number of hydrogen-bond acceptors (Lipinski definition) is 2. The minimum Gasteiger partial charge on any atom is -0.379 e. The highest BCUT2D eigenvalue weighted by Gasteiger charge is 2.19. The Morgan fingerprint density at radius 1 is 1.19 bits per heavy atom. The van der Waals surface area contributed by atoms with Crippen molar-refractivity contribution in [2.75, 3.05) is 13.2 Å². The summed E-state index contributed by atoms with van der Waals surface area (Å²) in [6.45, 7) is 6.58. The maximum Gasteiger partial charge on any atom is 0.0547 e. The van der Waals surface area contributed by atoms with Gasteiger partial charge in [0.15, 0.2) is 0 Å². The predicted octanol–water partition coefficient (Wildman–Crippen LogP) is 3.50. The quantitative estimate of drug-likeness (QED) is 0.545. The van der Waals surface area contributed by atoms with Gasteiger partial charge >= 0.3 is 0 Å². The average Bonchev–Trinajstić information content (AvgIpc) is 3.08. The van der Waals surface area contributed by atoms with E-state index in [0.717, 1.165) is 12.6 Å². The summed E-state index contributed by atoms with van der Waals surface area (Å²) in [6, 6.07) is 0.852. The van der Waals surface area contributed by atoms with Crippen molar-refractivity contribution in [2.45, 2.75) is 77.4 Å². The number of hydrogen-bond donors (Lipinski definition) is 1. The predicted molar refractivity (Wildman–Crippen MR) is 69.8 cm³/mol. The van der Waals surface area contributed by atoms with Gasteiger partial charge in [-0.3, -0.25) is 0 Å². The zero-order valence-corrected chi connectivity index (χ0v) is 11.1. The van der Waals surface area contributed by atoms with Crippen LogP contribution in [0.4, 0.5) is 0 Å². The fourth-order valence-corrected chi connectivity index (χ4v) is 1.88. The minimum atomic E-state index is 0.447. The molecule has 1 aliphatic carbocycles. The summed E-state index contributed by atoms with van der Waals surface area (Å²) < 4.78 is 5.78. The Kier molecular flexibility index (Phi) is 7.87. The Balaban J connectivity index is 1.76. The molecule has 2 nitrogen and oxygen atoms in total. The van der Waals surface area contributed by atoms with Crippen LogP contribution in [-0.4, -0.2) is 25.3 Å². The van der Waals surface area contributed by atoms with Gasteiger partial charge in [-0.15, -0.1) is 0 Å². The molecule has 1 N–H and O–H groups in total. The molecule has 1 rings (SSSR count). The molecule has 1 fully saturated rings. The number of unbranched alkanes of at least 4 members (excludes halogenated alkanes) is 3. The van der Waals surface area contributed by atoms with E-state index in [1.807, 2.05) is 0 Å². The van der Waals surface area contributed by atoms with Crippen LogP contribution >= 0.6 is 0 Å². The molecule has 0 aromatic rings. The molecule has 0 heterocycles. The van der Waals surface area contributed by atoms with Gasteiger partial charge in [0.05, 0.1) is 6.10 Å². The van der Waals surface area contributed by atoms with E-state index in [2.05, 4.69) is 19.2 Å². The van der Waals surface area contributed by atoms with Crippen LogP contribution in [0.25, 0.3) is 0 Å². The van der Waals surface area contributed by atoms with E-state index < -0.39 is 0 Å². The zero-order chi connectivity index (χ0) is 11.6. The maximum absolute atomic E-state index is 5.78. The first kappa shape index (κ1) is 14.0. The molecular weight excluding hydrogens is 198 g/mol. The van der Waals surface area contributed by atoms with Crippen molar-refractivity contribution in [1.29, 1.82) is 0 Å². The summed E-state index contributed by atoms with van der Waals surface area (Å²) >= 11 is 0. The molecule has 1 atom stereocenters. The fourth-order valence-electron chi connectivity index (χ4n) is 1.88. The first-order valence-corrected chi connectivity index (χ1v) is 7.18. The van der Waals surface area contributed by atoms with Gasteiger partial charge in [-0.1, -0.05) is 26.2 Å². The zero-order valence-electron chi connectivity index (χ0n) is 11.1. The number of ether oxygens (including phenoxy) is 1. The van der Waals surface area contributed by atoms with E-state index in [1.165, 1.54) is 57.9 Å². The summed E-state index contributed by atoms with van der Waals surface area (Å²) in [5.74, 6) is 0. The average molecular weight is 227 g/mol. The summed E-state index contributed by atoms with van der Waals surface area (Å²) in [6.07, 6.45) is 10.9. The molecule has 0 saturated heterocycles. The second-order valence-corrected chi connectivity index (χ2v) is 5.11. The molecule has 0 spiro atoms. The Bertz CT molecular complexity index is 157. The molecule has 1 aliphatic rings. The number of rotatable bonds is 11. The first-order valence-electron chi connectivity index (χ1n) is 7.18. The molecule has 0 radical (unpaired) electrons. The number of nitrogens with one attached hydrogen (secondary N) is 1. The van der Waals surface area contributed by atoms with E-state index in [0.29, 0.717) is 6.10 Å². The van der Waals surface area contributed by atoms with Crippen LogP contribution in [0.1, 0.15) is 65.2 Å². The van der Waals surface area contributed by atoms with Crippen LogP contribution in [0, 0.1) is 0 Å². The van der Waals surface area contributed by atoms with E-state index >= 15 is 0 Å². The van der Waals surface area contributed by atoms with Crippen molar-refractivity contribution in [1.82, 2.24) is 5.32 Å². The minimum absolute atomic E-state index is 0.447. The Hall–Kier alpha value is -0.0800. The molecule has 0 aromatic carbocycles. The van der Waals surface area contributed by atoms with Gasteiger partial charge in [-0.2, -0.15) is 0 Å². The van der Waals surface area contributed by atoms with Crippen molar-refractivity contribution < 1.29 is 4.74 Å². The molecule has 0 bridgehead atoms. The van der Waals surface area contributed by atoms with Crippen molar-refractivity contribution in [3.05, 3.63) is 0 Å². The second-order valence-electron chi connectivity index (χ2n) is 5.11. The highest BCUT2D eigenvalue weighted by atomic mass is 16.5. The molecule has 16 heavy (non-hydrogen) atoms. The third-order valence-electron chi connectivity index (χ3n) is 3.20. The van der Waals surface area contributed by atoms with Gasteiger partial charge in [-0.05, 0) is 45.6 Å². The lowest BCUT2D eigenvalue weighted by molar-refractivity contribution is 0.0562. The maximum atomic E-state index is 5.78. The normalized spacial score (nSPS) is 17.6. The van der Waals surface area contributed by atoms with Crippen LogP contribution < -0.4 is 5.32 Å². The molecule has 1 saturated carbocycles. The first-order chi connectivity index (χ1) is 7.83. The topological polar surface area (TPSA) is 21.3 Å². The Labute approximate surface area is 101 Å². The molecule has 0 aromatic heterocycles. The third-order valence-corrected chi connectivity index (χ3v) is 3.20. The monoisotopic (exact) mass is 227 g/mol. The summed E-state index contributed by atoms with van der Waals surface area (Å²) in [5.41, 5.74) is 0. The van der Waals surface area contributed by atoms with Gasteiger partial charge in [0, 0.05) is 12.6 Å². The standard InChI is InChI=1S/C14H29NO/c1-3-4-5-6-12-16-13(2)8-7-11-15-14-9-10-14/h13-15H,3-12H2,1-2H3. The third kappa shape index (κ3) is 8.12. The Morgan fingerprint density at radius 3 is 2.69 bits per heavy atom. The van der Waals surface area contributed by atoms with Crippen molar-refractivity contribution in [3.63, 3.8) is 0 Å². The Morgan fingerprint density at radius 2 is 2.00 bits per heavy atom. The lowest BCUT2D eigenvalue weighted by Crippen LogP contribution is -2.19. The van der Waals surface area contributed by atoms with Gasteiger partial charge in [-0.25, -0.2) is 0 Å². The van der Waals surface area contributed by atoms with Crippen LogP contribution in [0.3, 0.4) is 0 Å². The van der Waals surface area contributed by atoms with E-state index in [9.17, 15) is 0 Å². The molecule has 2 heteroatoms. The van der Waals surface area contributed by atoms with E-state index in [-0.39, 0.29) is 0 Å². The largest absolute Gasteiger partial charge is 0.379 e. The molecule has 0 amide bonds. The van der Waals surface area contributed by atoms with Crippen LogP contribution in [0.15, 0.2) is 0 Å². The van der Waals surface area contributed by atoms with Crippen LogP contribution in [-0.2, 0) is 4.74 Å². The fraction of sp³-hybridized carbons (Fsp3) is 1.00. The van der Waals surface area contributed by atoms with E-state index in [1.54, 1.807) is 0 Å². The lowest BCUT2D eigenvalue weighted by atomic mass is 10.2. The van der Waals surface area contributed by atoms with Crippen LogP contribution in [0.2, 0.25) is 0 Å². The molecule has 1 unspecified atom stereocenters.